The van der Waals surface area contributed by atoms with Gasteiger partial charge in [-0.25, -0.2) is 22.0 Å². The van der Waals surface area contributed by atoms with Crippen molar-refractivity contribution in [2.45, 2.75) is 6.18 Å². The molecule has 0 aliphatic carbocycles. The van der Waals surface area contributed by atoms with E-state index in [-0.39, 0.29) is 0 Å². The molecule has 2 aromatic rings. The highest BCUT2D eigenvalue weighted by molar-refractivity contribution is 6.60. The van der Waals surface area contributed by atoms with Crippen LogP contribution in [-0.4, -0.2) is 22.2 Å². The highest BCUT2D eigenvalue weighted by Gasteiger charge is 2.41. The molecule has 0 aliphatic heterocycles. The maximum atomic E-state index is 13.8. The molecule has 0 saturated heterocycles. The van der Waals surface area contributed by atoms with E-state index in [1.165, 1.54) is 0 Å². The molecule has 0 unspecified atom stereocenters. The fourth-order valence-electron chi connectivity index (χ4n) is 1.99. The van der Waals surface area contributed by atoms with Crippen molar-refractivity contribution in [3.63, 3.8) is 0 Å². The molecular formula is C12H4BF8NO2. The zero-order chi connectivity index (χ0) is 18.4. The van der Waals surface area contributed by atoms with E-state index in [2.05, 4.69) is 4.98 Å². The summed E-state index contributed by atoms with van der Waals surface area (Å²) in [5.41, 5.74) is -6.81. The van der Waals surface area contributed by atoms with Crippen LogP contribution < -0.4 is 5.46 Å². The molecule has 0 radical (unpaired) electrons. The molecule has 2 rings (SSSR count). The quantitative estimate of drug-likeness (QED) is 0.375. The maximum absolute atomic E-state index is 13.8. The molecule has 0 fully saturated rings. The molecule has 128 valence electrons. The van der Waals surface area contributed by atoms with E-state index in [1.54, 1.807) is 0 Å². The topological polar surface area (TPSA) is 53.4 Å². The predicted octanol–water partition coefficient (Wildman–Crippen LogP) is 2.14. The monoisotopic (exact) mass is 357 g/mol. The number of halogens is 8. The van der Waals surface area contributed by atoms with E-state index in [4.69, 9.17) is 10.0 Å². The van der Waals surface area contributed by atoms with Gasteiger partial charge in [0.15, 0.2) is 29.0 Å². The lowest BCUT2D eigenvalue weighted by Crippen LogP contribution is -2.34. The summed E-state index contributed by atoms with van der Waals surface area (Å²) < 4.78 is 106. The number of nitrogens with zero attached hydrogens (tertiary/aromatic N) is 1. The number of hydrogen-bond donors (Lipinski definition) is 2. The largest absolute Gasteiger partial charge is 0.489 e. The van der Waals surface area contributed by atoms with E-state index < -0.39 is 64.7 Å². The summed E-state index contributed by atoms with van der Waals surface area (Å²) >= 11 is 0. The summed E-state index contributed by atoms with van der Waals surface area (Å²) in [5.74, 6) is -12.7. The van der Waals surface area contributed by atoms with Gasteiger partial charge in [-0.05, 0) is 11.5 Å². The number of hydrogen-bond acceptors (Lipinski definition) is 3. The third-order valence-corrected chi connectivity index (χ3v) is 2.99. The molecule has 24 heavy (non-hydrogen) atoms. The lowest BCUT2D eigenvalue weighted by Gasteiger charge is -2.17. The van der Waals surface area contributed by atoms with Crippen molar-refractivity contribution >= 4 is 12.6 Å². The summed E-state index contributed by atoms with van der Waals surface area (Å²) in [7, 11) is -2.70. The van der Waals surface area contributed by atoms with Gasteiger partial charge >= 0.3 is 13.3 Å². The molecule has 1 heterocycles. The Kier molecular flexibility index (Phi) is 4.55. The van der Waals surface area contributed by atoms with Crippen LogP contribution in [0.15, 0.2) is 12.3 Å². The third kappa shape index (κ3) is 2.82. The lowest BCUT2D eigenvalue weighted by molar-refractivity contribution is -0.140. The standard InChI is InChI=1S/C12H4BF8NO2/c14-6-5(7(15)9(17)10(18)8(6)16)4-3(13(23)24)1-2-22-11(4)12(19,20)21/h1-2,23-24H. The van der Waals surface area contributed by atoms with E-state index in [0.717, 1.165) is 0 Å². The van der Waals surface area contributed by atoms with Crippen LogP contribution in [0.4, 0.5) is 35.1 Å². The Morgan fingerprint density at radius 1 is 0.792 bits per heavy atom. The fourth-order valence-corrected chi connectivity index (χ4v) is 1.99. The van der Waals surface area contributed by atoms with Gasteiger partial charge in [-0.3, -0.25) is 4.98 Å². The van der Waals surface area contributed by atoms with E-state index >= 15 is 0 Å². The Balaban J connectivity index is 3.03. The Bertz CT molecular complexity index is 780. The van der Waals surface area contributed by atoms with Crippen LogP contribution in [-0.2, 0) is 6.18 Å². The van der Waals surface area contributed by atoms with Crippen molar-refractivity contribution in [3.05, 3.63) is 47.0 Å². The minimum Gasteiger partial charge on any atom is -0.423 e. The first-order valence-corrected chi connectivity index (χ1v) is 5.92. The van der Waals surface area contributed by atoms with Gasteiger partial charge in [0.25, 0.3) is 0 Å². The van der Waals surface area contributed by atoms with Crippen molar-refractivity contribution in [2.24, 2.45) is 0 Å². The van der Waals surface area contributed by atoms with Crippen LogP contribution >= 0.6 is 0 Å². The van der Waals surface area contributed by atoms with Crippen LogP contribution in [0.2, 0.25) is 0 Å². The van der Waals surface area contributed by atoms with Gasteiger partial charge in [0.1, 0.15) is 0 Å². The van der Waals surface area contributed by atoms with Crippen LogP contribution in [0.1, 0.15) is 5.69 Å². The maximum Gasteiger partial charge on any atom is 0.489 e. The molecule has 0 spiro atoms. The van der Waals surface area contributed by atoms with Crippen molar-refractivity contribution in [1.82, 2.24) is 4.98 Å². The highest BCUT2D eigenvalue weighted by Crippen LogP contribution is 2.38. The molecular weight excluding hydrogens is 353 g/mol. The minimum atomic E-state index is -5.37. The molecule has 2 N–H and O–H groups in total. The molecule has 0 bridgehead atoms. The fraction of sp³-hybridized carbons (Fsp3) is 0.0833. The summed E-state index contributed by atoms with van der Waals surface area (Å²) in [6, 6.07) is 0.535. The second-order valence-corrected chi connectivity index (χ2v) is 4.44. The Morgan fingerprint density at radius 3 is 1.67 bits per heavy atom. The Labute approximate surface area is 128 Å². The van der Waals surface area contributed by atoms with Gasteiger partial charge < -0.3 is 10.0 Å². The number of aromatic nitrogens is 1. The zero-order valence-corrected chi connectivity index (χ0v) is 11.1. The SMILES string of the molecule is OB(O)c1ccnc(C(F)(F)F)c1-c1c(F)c(F)c(F)c(F)c1F. The molecule has 0 atom stereocenters. The molecule has 12 heteroatoms. The van der Waals surface area contributed by atoms with Crippen LogP contribution in [0, 0.1) is 29.1 Å². The smallest absolute Gasteiger partial charge is 0.423 e. The molecule has 0 amide bonds. The summed E-state index contributed by atoms with van der Waals surface area (Å²) in [5, 5.41) is 18.2. The normalized spacial score (nSPS) is 11.8. The van der Waals surface area contributed by atoms with E-state index in [0.29, 0.717) is 12.3 Å². The molecule has 0 saturated carbocycles. The average molecular weight is 357 g/mol. The Morgan fingerprint density at radius 2 is 1.25 bits per heavy atom. The van der Waals surface area contributed by atoms with E-state index in [9.17, 15) is 35.1 Å². The summed E-state index contributed by atoms with van der Waals surface area (Å²) in [6.07, 6.45) is -4.94. The first kappa shape index (κ1) is 18.1. The van der Waals surface area contributed by atoms with Crippen LogP contribution in [0.5, 0.6) is 0 Å². The number of benzene rings is 1. The van der Waals surface area contributed by atoms with Crippen molar-refractivity contribution in [3.8, 4) is 11.1 Å². The number of pyridine rings is 1. The molecule has 3 nitrogen and oxygen atoms in total. The number of rotatable bonds is 2. The summed E-state index contributed by atoms with van der Waals surface area (Å²) in [6.45, 7) is 0. The minimum absolute atomic E-state index is 0.438. The van der Waals surface area contributed by atoms with Gasteiger partial charge in [-0.2, -0.15) is 13.2 Å². The van der Waals surface area contributed by atoms with Gasteiger partial charge in [-0.15, -0.1) is 0 Å². The van der Waals surface area contributed by atoms with Crippen LogP contribution in [0.3, 0.4) is 0 Å². The molecule has 1 aromatic carbocycles. The lowest BCUT2D eigenvalue weighted by atomic mass is 9.75. The first-order chi connectivity index (χ1) is 11.0. The van der Waals surface area contributed by atoms with Crippen LogP contribution in [0.25, 0.3) is 11.1 Å². The van der Waals surface area contributed by atoms with Crippen molar-refractivity contribution < 1.29 is 45.2 Å². The molecule has 0 aliphatic rings. The first-order valence-electron chi connectivity index (χ1n) is 5.92. The highest BCUT2D eigenvalue weighted by atomic mass is 19.4. The molecule has 1 aromatic heterocycles. The summed E-state index contributed by atoms with van der Waals surface area (Å²) in [4.78, 5) is 2.81. The second-order valence-electron chi connectivity index (χ2n) is 4.44. The van der Waals surface area contributed by atoms with Gasteiger partial charge in [0, 0.05) is 11.8 Å². The van der Waals surface area contributed by atoms with Gasteiger partial charge in [0.05, 0.1) is 5.56 Å². The number of alkyl halides is 3. The van der Waals surface area contributed by atoms with Crippen molar-refractivity contribution in [1.29, 1.82) is 0 Å². The van der Waals surface area contributed by atoms with Crippen molar-refractivity contribution in [2.75, 3.05) is 0 Å². The van der Waals surface area contributed by atoms with E-state index in [1.807, 2.05) is 0 Å². The third-order valence-electron chi connectivity index (χ3n) is 2.99. The van der Waals surface area contributed by atoms with Gasteiger partial charge in [0.2, 0.25) is 5.82 Å². The average Bonchev–Trinajstić information content (AvgIpc) is 2.50. The Hall–Kier alpha value is -2.21. The van der Waals surface area contributed by atoms with Gasteiger partial charge in [-0.1, -0.05) is 0 Å². The predicted molar refractivity (Wildman–Crippen MR) is 64.3 cm³/mol. The second kappa shape index (κ2) is 6.02. The zero-order valence-electron chi connectivity index (χ0n) is 11.1.